The molecule has 19 heteroatoms. The van der Waals surface area contributed by atoms with Gasteiger partial charge in [-0.1, -0.05) is 0 Å². The largest absolute Gasteiger partial charge is 0.467 e. The minimum Gasteiger partial charge on any atom is -0.467 e. The molecule has 1 saturated carbocycles. The summed E-state index contributed by atoms with van der Waals surface area (Å²) in [7, 11) is 1.68. The summed E-state index contributed by atoms with van der Waals surface area (Å²) in [5, 5.41) is 59.7. The summed E-state index contributed by atoms with van der Waals surface area (Å²) in [5.41, 5.74) is 24.4. The number of aliphatic hydroxyl groups is 4. The smallest absolute Gasteiger partial charge is 0.249 e. The Kier molecular flexibility index (Phi) is 15.4. The van der Waals surface area contributed by atoms with Crippen LogP contribution in [0, 0.1) is 11.3 Å². The van der Waals surface area contributed by atoms with Crippen LogP contribution in [0.25, 0.3) is 0 Å². The number of amides is 1. The zero-order valence-corrected chi connectivity index (χ0v) is 27.0. The van der Waals surface area contributed by atoms with Gasteiger partial charge >= 0.3 is 0 Å². The first-order valence-corrected chi connectivity index (χ1v) is 15.9. The first-order valence-electron chi connectivity index (χ1n) is 15.9. The molecule has 272 valence electrons. The van der Waals surface area contributed by atoms with Crippen LogP contribution in [0.15, 0.2) is 11.8 Å². The summed E-state index contributed by atoms with van der Waals surface area (Å²) in [6.45, 7) is 2.98. The molecular formula is C28H55N9O10. The molecule has 2 fully saturated rings. The van der Waals surface area contributed by atoms with Crippen molar-refractivity contribution in [3.63, 3.8) is 0 Å². The highest BCUT2D eigenvalue weighted by Crippen LogP contribution is 2.34. The van der Waals surface area contributed by atoms with E-state index in [2.05, 4.69) is 21.4 Å². The van der Waals surface area contributed by atoms with Gasteiger partial charge in [0.15, 0.2) is 6.29 Å². The number of nitrogens with two attached hydrogens (primary N) is 4. The van der Waals surface area contributed by atoms with E-state index in [9.17, 15) is 25.2 Å². The Labute approximate surface area is 274 Å². The molecule has 0 aromatic heterocycles. The van der Waals surface area contributed by atoms with E-state index in [1.807, 2.05) is 6.08 Å². The lowest BCUT2D eigenvalue weighted by Crippen LogP contribution is -2.68. The number of aliphatic hydroxyl groups excluding tert-OH is 3. The number of rotatable bonds is 17. The van der Waals surface area contributed by atoms with Crippen molar-refractivity contribution in [3.8, 4) is 0 Å². The van der Waals surface area contributed by atoms with E-state index in [0.29, 0.717) is 38.3 Å². The fourth-order valence-electron chi connectivity index (χ4n) is 5.83. The first-order chi connectivity index (χ1) is 22.3. The molecular weight excluding hydrogens is 622 g/mol. The van der Waals surface area contributed by atoms with Crippen molar-refractivity contribution >= 4 is 11.9 Å². The summed E-state index contributed by atoms with van der Waals surface area (Å²) in [6, 6.07) is -2.33. The van der Waals surface area contributed by atoms with Crippen LogP contribution in [0.3, 0.4) is 0 Å². The van der Waals surface area contributed by atoms with Gasteiger partial charge < -0.3 is 78.3 Å². The van der Waals surface area contributed by atoms with Crippen LogP contribution in [-0.2, 0) is 28.6 Å². The van der Waals surface area contributed by atoms with Crippen LogP contribution in [0.5, 0.6) is 0 Å². The van der Waals surface area contributed by atoms with Gasteiger partial charge in [0.1, 0.15) is 36.3 Å². The van der Waals surface area contributed by atoms with Crippen molar-refractivity contribution in [2.24, 2.45) is 28.9 Å². The Hall–Kier alpha value is -2.24. The zero-order valence-electron chi connectivity index (χ0n) is 27.0. The highest BCUT2D eigenvalue weighted by Gasteiger charge is 2.52. The molecule has 3 aliphatic rings. The van der Waals surface area contributed by atoms with Gasteiger partial charge in [-0.3, -0.25) is 15.0 Å². The maximum absolute atomic E-state index is 12.8. The molecule has 47 heavy (non-hydrogen) atoms. The maximum Gasteiger partial charge on any atom is 0.249 e. The molecule has 2 heterocycles. The molecule has 1 unspecified atom stereocenters. The third-order valence-electron chi connectivity index (χ3n) is 8.44. The van der Waals surface area contributed by atoms with E-state index in [0.717, 1.165) is 0 Å². The molecule has 17 N–H and O–H groups in total. The summed E-state index contributed by atoms with van der Waals surface area (Å²) in [6.07, 6.45) is -5.76. The van der Waals surface area contributed by atoms with Gasteiger partial charge in [-0.25, -0.2) is 5.48 Å². The van der Waals surface area contributed by atoms with Gasteiger partial charge in [-0.05, 0) is 58.8 Å². The number of hydrogen-bond donors (Lipinski definition) is 13. The van der Waals surface area contributed by atoms with Gasteiger partial charge in [0.2, 0.25) is 18.2 Å². The van der Waals surface area contributed by atoms with Crippen LogP contribution < -0.4 is 44.4 Å². The van der Waals surface area contributed by atoms with Gasteiger partial charge in [0.05, 0.1) is 37.4 Å². The van der Waals surface area contributed by atoms with E-state index < -0.39 is 78.7 Å². The third-order valence-corrected chi connectivity index (χ3v) is 8.44. The van der Waals surface area contributed by atoms with Crippen LogP contribution in [-0.4, -0.2) is 146 Å². The second-order valence-electron chi connectivity index (χ2n) is 12.4. The lowest BCUT2D eigenvalue weighted by Gasteiger charge is -2.49. The van der Waals surface area contributed by atoms with Crippen molar-refractivity contribution in [2.75, 3.05) is 46.4 Å². The molecule has 19 nitrogen and oxygen atoms in total. The predicted molar refractivity (Wildman–Crippen MR) is 168 cm³/mol. The van der Waals surface area contributed by atoms with E-state index in [1.54, 1.807) is 14.0 Å². The Morgan fingerprint density at radius 3 is 2.60 bits per heavy atom. The molecule has 2 aliphatic heterocycles. The molecule has 3 rings (SSSR count). The Morgan fingerprint density at radius 2 is 1.91 bits per heavy atom. The lowest BCUT2D eigenvalue weighted by molar-refractivity contribution is -0.312. The quantitative estimate of drug-likeness (QED) is 0.0296. The molecule has 0 spiro atoms. The summed E-state index contributed by atoms with van der Waals surface area (Å²) in [4.78, 5) is 17.8. The maximum atomic E-state index is 12.8. The Bertz CT molecular complexity index is 1030. The van der Waals surface area contributed by atoms with E-state index >= 15 is 0 Å². The van der Waals surface area contributed by atoms with Crippen LogP contribution >= 0.6 is 0 Å². The average molecular weight is 678 g/mol. The molecule has 0 aromatic carbocycles. The molecule has 1 saturated heterocycles. The van der Waals surface area contributed by atoms with Gasteiger partial charge in [0.25, 0.3) is 0 Å². The van der Waals surface area contributed by atoms with Gasteiger partial charge in [-0.2, -0.15) is 0 Å². The average Bonchev–Trinajstić information content (AvgIpc) is 3.01. The monoisotopic (exact) mass is 677 g/mol. The third kappa shape index (κ3) is 11.1. The SMILES string of the molecule is CNCC1[C@@H](O)[C@@H](O[C@@H]2[C@@H](O)[C@H](O[C@H]3OC(CNCCCONC(=N)N)=CC[C@H]3N)[C@@H](N)C[C@H]2NC(=O)[C@@H](O)CCN)OC[C@]1(C)O. The number of carbonyl (C=O) groups is 1. The molecule has 12 atom stereocenters. The number of carbonyl (C=O) groups excluding carboxylic acids is 1. The minimum absolute atomic E-state index is 0.0160. The van der Waals surface area contributed by atoms with Crippen LogP contribution in [0.4, 0.5) is 0 Å². The fourth-order valence-corrected chi connectivity index (χ4v) is 5.83. The van der Waals surface area contributed by atoms with Crippen molar-refractivity contribution in [3.05, 3.63) is 11.8 Å². The highest BCUT2D eigenvalue weighted by molar-refractivity contribution is 5.80. The van der Waals surface area contributed by atoms with Crippen molar-refractivity contribution in [1.29, 1.82) is 5.41 Å². The topological polar surface area (TPSA) is 320 Å². The molecule has 0 bridgehead atoms. The summed E-state index contributed by atoms with van der Waals surface area (Å²) >= 11 is 0. The first kappa shape index (κ1) is 39.2. The number of hydroxylamine groups is 1. The fraction of sp³-hybridized carbons (Fsp3) is 0.857. The number of nitrogens with one attached hydrogen (secondary N) is 5. The predicted octanol–water partition coefficient (Wildman–Crippen LogP) is -5.30. The summed E-state index contributed by atoms with van der Waals surface area (Å²) < 4.78 is 24.1. The van der Waals surface area contributed by atoms with Crippen molar-refractivity contribution in [2.45, 2.75) is 99.4 Å². The van der Waals surface area contributed by atoms with Gasteiger partial charge in [-0.15, -0.1) is 0 Å². The number of hydrogen-bond acceptors (Lipinski definition) is 16. The molecule has 1 aliphatic carbocycles. The van der Waals surface area contributed by atoms with Crippen LogP contribution in [0.2, 0.25) is 0 Å². The highest BCUT2D eigenvalue weighted by atomic mass is 16.7. The number of ether oxygens (including phenoxy) is 4. The van der Waals surface area contributed by atoms with Crippen molar-refractivity contribution < 1.29 is 49.0 Å². The zero-order chi connectivity index (χ0) is 34.7. The standard InChI is InChI=1S/C28H55N9O10/c1-28(42)13-43-26(20(39)15(28)12-34-2)47-23-18(36-24(41)19(38)6-7-29)10-17(31)22(21(23)40)46-25-16(30)5-4-14(45-25)11-35-8-3-9-44-37-27(32)33/h4,15-23,25-26,34-35,38-40,42H,3,5-13,29-31H2,1-2H3,(H,36,41)(H4,32,33,37)/t15?,16-,17+,18-,19+,20-,21+,22-,23+,25-,26-,28+/m1/s1. The lowest BCUT2D eigenvalue weighted by atomic mass is 9.81. The van der Waals surface area contributed by atoms with E-state index in [1.165, 1.54) is 0 Å². The molecule has 0 aromatic rings. The minimum atomic E-state index is -1.47. The van der Waals surface area contributed by atoms with Crippen LogP contribution in [0.1, 0.15) is 32.6 Å². The van der Waals surface area contributed by atoms with Gasteiger partial charge in [0, 0.05) is 18.5 Å². The van der Waals surface area contributed by atoms with E-state index in [-0.39, 0.29) is 38.5 Å². The summed E-state index contributed by atoms with van der Waals surface area (Å²) in [5.74, 6) is -1.12. The Morgan fingerprint density at radius 1 is 1.19 bits per heavy atom. The number of guanidine groups is 1. The Balaban J connectivity index is 1.70. The molecule has 1 amide bonds. The molecule has 0 radical (unpaired) electrons. The normalized spacial score (nSPS) is 36.6. The second kappa shape index (κ2) is 18.5. The van der Waals surface area contributed by atoms with Crippen molar-refractivity contribution in [1.82, 2.24) is 21.4 Å². The second-order valence-corrected chi connectivity index (χ2v) is 12.4. The van der Waals surface area contributed by atoms with E-state index in [4.69, 9.17) is 52.1 Å².